The van der Waals surface area contributed by atoms with Gasteiger partial charge in [0.05, 0.1) is 28.4 Å². The van der Waals surface area contributed by atoms with Crippen molar-refractivity contribution in [2.45, 2.75) is 64.7 Å². The van der Waals surface area contributed by atoms with Gasteiger partial charge in [0.15, 0.2) is 0 Å². The van der Waals surface area contributed by atoms with Crippen molar-refractivity contribution in [3.63, 3.8) is 0 Å². The molecule has 8 nitrogen and oxygen atoms in total. The molecule has 2 atom stereocenters. The van der Waals surface area contributed by atoms with Gasteiger partial charge in [0.2, 0.25) is 5.91 Å². The fourth-order valence-corrected chi connectivity index (χ4v) is 6.54. The van der Waals surface area contributed by atoms with Crippen molar-refractivity contribution in [2.75, 3.05) is 26.2 Å². The number of fused-ring (bicyclic) bond motifs is 1. The van der Waals surface area contributed by atoms with Crippen LogP contribution in [0.1, 0.15) is 72.2 Å². The number of piperidine rings is 1. The van der Waals surface area contributed by atoms with Crippen molar-refractivity contribution in [3.8, 4) is 0 Å². The van der Waals surface area contributed by atoms with Gasteiger partial charge in [0.25, 0.3) is 0 Å². The second-order valence-corrected chi connectivity index (χ2v) is 10.9. The minimum atomic E-state index is -0.672. The molecule has 1 aromatic carbocycles. The number of ether oxygens (including phenoxy) is 2. The molecule has 8 heteroatoms. The van der Waals surface area contributed by atoms with Crippen molar-refractivity contribution < 1.29 is 29.0 Å². The van der Waals surface area contributed by atoms with Crippen molar-refractivity contribution in [1.29, 1.82) is 0 Å². The molecule has 186 valence electrons. The summed E-state index contributed by atoms with van der Waals surface area (Å²) in [6, 6.07) is 3.74. The number of likely N-dealkylation sites (tertiary alicyclic amines) is 2. The van der Waals surface area contributed by atoms with Crippen molar-refractivity contribution in [2.24, 2.45) is 11.3 Å². The number of benzene rings is 1. The van der Waals surface area contributed by atoms with E-state index in [1.165, 1.54) is 0 Å². The predicted molar refractivity (Wildman–Crippen MR) is 125 cm³/mol. The first-order valence-electron chi connectivity index (χ1n) is 12.7. The summed E-state index contributed by atoms with van der Waals surface area (Å²) in [5, 5.41) is 11.0. The fraction of sp³-hybridized carbons (Fsp3) is 0.593. The average molecular weight is 481 g/mol. The Morgan fingerprint density at radius 2 is 1.77 bits per heavy atom. The molecule has 35 heavy (non-hydrogen) atoms. The second kappa shape index (κ2) is 8.17. The maximum Gasteiger partial charge on any atom is 0.338 e. The highest BCUT2D eigenvalue weighted by atomic mass is 16.5. The highest BCUT2D eigenvalue weighted by Crippen LogP contribution is 2.53. The predicted octanol–water partition coefficient (Wildman–Crippen LogP) is 2.62. The van der Waals surface area contributed by atoms with Crippen LogP contribution in [0.5, 0.6) is 0 Å². The van der Waals surface area contributed by atoms with E-state index >= 15 is 0 Å². The number of aliphatic hydroxyl groups is 1. The second-order valence-electron chi connectivity index (χ2n) is 10.9. The summed E-state index contributed by atoms with van der Waals surface area (Å²) in [7, 11) is 0. The number of nitrogens with zero attached hydrogens (tertiary/aromatic N) is 2. The molecule has 1 spiro atoms. The largest absolute Gasteiger partial charge is 0.457 e. The summed E-state index contributed by atoms with van der Waals surface area (Å²) < 4.78 is 10.4. The smallest absolute Gasteiger partial charge is 0.338 e. The number of carbonyl (C=O) groups is 3. The zero-order valence-corrected chi connectivity index (χ0v) is 20.3. The number of hydrogen-bond acceptors (Lipinski definition) is 7. The normalized spacial score (nSPS) is 27.0. The molecular formula is C27H32N2O6. The van der Waals surface area contributed by atoms with E-state index in [2.05, 4.69) is 4.90 Å². The van der Waals surface area contributed by atoms with Crippen LogP contribution in [0, 0.1) is 18.3 Å². The minimum Gasteiger partial charge on any atom is -0.457 e. The lowest BCUT2D eigenvalue weighted by Gasteiger charge is -2.38. The molecule has 4 aliphatic heterocycles. The van der Waals surface area contributed by atoms with Crippen LogP contribution in [0.25, 0.3) is 0 Å². The molecule has 1 saturated carbocycles. The number of cyclic esters (lactones) is 2. The third-order valence-electron chi connectivity index (χ3n) is 8.95. The van der Waals surface area contributed by atoms with Gasteiger partial charge in [0, 0.05) is 18.2 Å². The highest BCUT2D eigenvalue weighted by molar-refractivity contribution is 5.95. The number of aliphatic hydroxyl groups excluding tert-OH is 1. The molecule has 1 aliphatic carbocycles. The average Bonchev–Trinajstić information content (AvgIpc) is 3.48. The van der Waals surface area contributed by atoms with Gasteiger partial charge < -0.3 is 24.4 Å². The van der Waals surface area contributed by atoms with Crippen LogP contribution in [-0.2, 0) is 25.7 Å². The third kappa shape index (κ3) is 3.61. The maximum absolute atomic E-state index is 13.8. The van der Waals surface area contributed by atoms with E-state index in [9.17, 15) is 19.5 Å². The van der Waals surface area contributed by atoms with Crippen LogP contribution in [0.4, 0.5) is 0 Å². The first-order valence-corrected chi connectivity index (χ1v) is 12.7. The van der Waals surface area contributed by atoms with Crippen LogP contribution >= 0.6 is 0 Å². The Bertz CT molecular complexity index is 1140. The molecule has 5 aliphatic rings. The van der Waals surface area contributed by atoms with Crippen LogP contribution in [0.2, 0.25) is 0 Å². The molecule has 3 fully saturated rings. The summed E-state index contributed by atoms with van der Waals surface area (Å²) in [5.41, 5.74) is 4.14. The molecule has 2 saturated heterocycles. The molecular weight excluding hydrogens is 448 g/mol. The Morgan fingerprint density at radius 3 is 2.43 bits per heavy atom. The number of esters is 2. The van der Waals surface area contributed by atoms with Gasteiger partial charge in [0.1, 0.15) is 13.2 Å². The third-order valence-corrected chi connectivity index (χ3v) is 8.95. The van der Waals surface area contributed by atoms with E-state index in [4.69, 9.17) is 9.47 Å². The van der Waals surface area contributed by atoms with Gasteiger partial charge in [-0.3, -0.25) is 4.79 Å². The monoisotopic (exact) mass is 480 g/mol. The van der Waals surface area contributed by atoms with Crippen molar-refractivity contribution in [3.05, 3.63) is 45.7 Å². The first kappa shape index (κ1) is 22.7. The van der Waals surface area contributed by atoms with Crippen molar-refractivity contribution in [1.82, 2.24) is 9.80 Å². The van der Waals surface area contributed by atoms with Gasteiger partial charge in [-0.1, -0.05) is 6.07 Å². The fourth-order valence-electron chi connectivity index (χ4n) is 6.54. The lowest BCUT2D eigenvalue weighted by atomic mass is 9.75. The standard InChI is InChI=1S/C27H32N2O6/c1-15-18(5-6-19-20(15)13-34-25(19)32)23(30)12-28-9-7-27(8-10-28)11-21(17-3-4-17)29(26(27)33)22-14-35-24(31)16(22)2/h5-6,17,21,23,30H,3-4,7-14H2,1-2H3. The number of hydrogen-bond donors (Lipinski definition) is 1. The van der Waals surface area contributed by atoms with E-state index in [1.54, 1.807) is 13.0 Å². The van der Waals surface area contributed by atoms with Crippen LogP contribution in [0.15, 0.2) is 23.4 Å². The van der Waals surface area contributed by atoms with Crippen LogP contribution in [0.3, 0.4) is 0 Å². The highest BCUT2D eigenvalue weighted by Gasteiger charge is 2.57. The summed E-state index contributed by atoms with van der Waals surface area (Å²) >= 11 is 0. The summed E-state index contributed by atoms with van der Waals surface area (Å²) in [4.78, 5) is 41.8. The number of carbonyl (C=O) groups excluding carboxylic acids is 3. The van der Waals surface area contributed by atoms with Gasteiger partial charge in [-0.2, -0.15) is 0 Å². The van der Waals surface area contributed by atoms with E-state index in [1.807, 2.05) is 17.9 Å². The van der Waals surface area contributed by atoms with Gasteiger partial charge in [-0.15, -0.1) is 0 Å². The minimum absolute atomic E-state index is 0.154. The topological polar surface area (TPSA) is 96.4 Å². The van der Waals surface area contributed by atoms with E-state index < -0.39 is 11.5 Å². The number of rotatable bonds is 5. The molecule has 0 aromatic heterocycles. The van der Waals surface area contributed by atoms with Gasteiger partial charge in [-0.05, 0) is 82.2 Å². The Kier molecular flexibility index (Phi) is 5.30. The van der Waals surface area contributed by atoms with Crippen LogP contribution < -0.4 is 0 Å². The van der Waals surface area contributed by atoms with E-state index in [0.29, 0.717) is 23.6 Å². The Balaban J connectivity index is 1.15. The lowest BCUT2D eigenvalue weighted by molar-refractivity contribution is -0.139. The first-order chi connectivity index (χ1) is 16.8. The molecule has 0 radical (unpaired) electrons. The zero-order chi connectivity index (χ0) is 24.5. The van der Waals surface area contributed by atoms with Crippen LogP contribution in [-0.4, -0.2) is 65.0 Å². The molecule has 1 amide bonds. The summed E-state index contributed by atoms with van der Waals surface area (Å²) in [5.74, 6) is 0.0591. The molecule has 6 rings (SSSR count). The lowest BCUT2D eigenvalue weighted by Crippen LogP contribution is -2.45. The van der Waals surface area contributed by atoms with E-state index in [0.717, 1.165) is 67.6 Å². The molecule has 1 aromatic rings. The Hall–Kier alpha value is -2.71. The van der Waals surface area contributed by atoms with Gasteiger partial charge in [-0.25, -0.2) is 9.59 Å². The Labute approximate surface area is 204 Å². The Morgan fingerprint density at radius 1 is 1.06 bits per heavy atom. The van der Waals surface area contributed by atoms with E-state index in [-0.39, 0.29) is 37.1 Å². The zero-order valence-electron chi connectivity index (χ0n) is 20.3. The molecule has 0 bridgehead atoms. The molecule has 1 N–H and O–H groups in total. The van der Waals surface area contributed by atoms with Gasteiger partial charge >= 0.3 is 11.9 Å². The number of amides is 1. The quantitative estimate of drug-likeness (QED) is 0.647. The summed E-state index contributed by atoms with van der Waals surface area (Å²) in [6.45, 7) is 6.13. The SMILES string of the molecule is CC1=C(N2C(=O)C3(CCN(CC(O)c4ccc5c(c4C)COC5=O)CC3)CC2C2CC2)COC1=O. The van der Waals surface area contributed by atoms with Crippen molar-refractivity contribution >= 4 is 17.8 Å². The number of β-amino-alcohol motifs (C(OH)–C–C–N with tert-alkyl or cyclic N) is 1. The maximum atomic E-state index is 13.8. The summed E-state index contributed by atoms with van der Waals surface area (Å²) in [6.07, 6.45) is 3.96. The molecule has 2 unspecified atom stereocenters. The molecule has 4 heterocycles.